The second kappa shape index (κ2) is 6.46. The van der Waals surface area contributed by atoms with Crippen molar-refractivity contribution >= 4 is 60.8 Å². The topological polar surface area (TPSA) is 45.2 Å². The van der Waals surface area contributed by atoms with Crippen molar-refractivity contribution < 1.29 is 0 Å². The lowest BCUT2D eigenvalue weighted by Crippen LogP contribution is -2.46. The van der Waals surface area contributed by atoms with Crippen LogP contribution in [0.25, 0.3) is 10.9 Å². The third-order valence-electron chi connectivity index (χ3n) is 4.15. The van der Waals surface area contributed by atoms with Crippen LogP contribution in [0.15, 0.2) is 28.9 Å². The minimum Gasteiger partial charge on any atom is -0.367 e. The van der Waals surface area contributed by atoms with Crippen LogP contribution >= 0.6 is 39.1 Å². The fourth-order valence-electron chi connectivity index (χ4n) is 2.99. The van der Waals surface area contributed by atoms with Crippen LogP contribution < -0.4 is 9.80 Å². The Morgan fingerprint density at radius 2 is 1.92 bits per heavy atom. The first-order chi connectivity index (χ1) is 11.6. The largest absolute Gasteiger partial charge is 0.367 e. The van der Waals surface area contributed by atoms with Crippen molar-refractivity contribution in [3.8, 4) is 0 Å². The van der Waals surface area contributed by atoms with Crippen molar-refractivity contribution in [3.05, 3.63) is 39.7 Å². The molecular weight excluding hydrogens is 410 g/mol. The number of benzene rings is 1. The average Bonchev–Trinajstić information content (AvgIpc) is 3.01. The van der Waals surface area contributed by atoms with E-state index in [-0.39, 0.29) is 0 Å². The number of piperazine rings is 1. The summed E-state index contributed by atoms with van der Waals surface area (Å²) >= 11 is 11.3. The van der Waals surface area contributed by atoms with Gasteiger partial charge in [-0.05, 0) is 25.1 Å². The summed E-state index contributed by atoms with van der Waals surface area (Å²) in [5.41, 5.74) is 2.02. The molecule has 0 spiro atoms. The minimum absolute atomic E-state index is 0.671. The van der Waals surface area contributed by atoms with E-state index in [1.54, 1.807) is 0 Å². The average molecular weight is 425 g/mol. The van der Waals surface area contributed by atoms with E-state index in [1.165, 1.54) is 17.2 Å². The number of aryl methyl sites for hydroxylation is 1. The zero-order chi connectivity index (χ0) is 16.7. The van der Waals surface area contributed by atoms with Gasteiger partial charge in [-0.3, -0.25) is 4.98 Å². The van der Waals surface area contributed by atoms with Gasteiger partial charge in [-0.15, -0.1) is 0 Å². The standard InChI is InChI=1S/C16H15BrClN5S/c1-10-20-16(24-21-10)23-6-4-22(5-7-23)14-2-3-19-15-12(14)8-11(17)9-13(15)18/h2-3,8-9H,4-7H2,1H3. The molecular formula is C16H15BrClN5S. The van der Waals surface area contributed by atoms with Gasteiger partial charge in [-0.2, -0.15) is 4.37 Å². The molecule has 1 aliphatic rings. The third-order valence-corrected chi connectivity index (χ3v) is 5.76. The Balaban J connectivity index is 1.61. The first-order valence-electron chi connectivity index (χ1n) is 7.66. The number of hydrogen-bond acceptors (Lipinski definition) is 6. The summed E-state index contributed by atoms with van der Waals surface area (Å²) in [7, 11) is 0. The molecule has 0 unspecified atom stereocenters. The number of halogens is 2. The van der Waals surface area contributed by atoms with Gasteiger partial charge < -0.3 is 9.80 Å². The fraction of sp³-hybridized carbons (Fsp3) is 0.312. The molecule has 24 heavy (non-hydrogen) atoms. The van der Waals surface area contributed by atoms with Gasteiger partial charge in [0.05, 0.1) is 10.5 Å². The monoisotopic (exact) mass is 423 g/mol. The Labute approximate surface area is 157 Å². The van der Waals surface area contributed by atoms with E-state index in [2.05, 4.69) is 52.2 Å². The normalized spacial score (nSPS) is 15.3. The number of hydrogen-bond donors (Lipinski definition) is 0. The van der Waals surface area contributed by atoms with Crippen LogP contribution in [0.5, 0.6) is 0 Å². The molecule has 1 fully saturated rings. The maximum atomic E-state index is 6.35. The van der Waals surface area contributed by atoms with Crippen molar-refractivity contribution in [2.75, 3.05) is 36.0 Å². The Morgan fingerprint density at radius 3 is 2.62 bits per heavy atom. The lowest BCUT2D eigenvalue weighted by atomic mass is 10.1. The van der Waals surface area contributed by atoms with Crippen molar-refractivity contribution in [1.29, 1.82) is 0 Å². The molecule has 0 atom stereocenters. The van der Waals surface area contributed by atoms with Gasteiger partial charge >= 0.3 is 0 Å². The molecule has 2 aromatic heterocycles. The van der Waals surface area contributed by atoms with Gasteiger partial charge in [0.2, 0.25) is 5.13 Å². The molecule has 124 valence electrons. The summed E-state index contributed by atoms with van der Waals surface area (Å²) in [6, 6.07) is 6.04. The van der Waals surface area contributed by atoms with E-state index in [4.69, 9.17) is 11.6 Å². The van der Waals surface area contributed by atoms with Crippen LogP contribution in [-0.4, -0.2) is 40.5 Å². The molecule has 8 heteroatoms. The number of aromatic nitrogens is 3. The summed E-state index contributed by atoms with van der Waals surface area (Å²) in [6.45, 7) is 5.66. The van der Waals surface area contributed by atoms with Crippen LogP contribution in [0.1, 0.15) is 5.82 Å². The van der Waals surface area contributed by atoms with Gasteiger partial charge in [0, 0.05) is 59.5 Å². The lowest BCUT2D eigenvalue weighted by Gasteiger charge is -2.36. The van der Waals surface area contributed by atoms with Crippen LogP contribution in [0.2, 0.25) is 5.02 Å². The van der Waals surface area contributed by atoms with Crippen LogP contribution in [-0.2, 0) is 0 Å². The van der Waals surface area contributed by atoms with Crippen molar-refractivity contribution in [1.82, 2.24) is 14.3 Å². The van der Waals surface area contributed by atoms with E-state index in [0.29, 0.717) is 5.02 Å². The maximum Gasteiger partial charge on any atom is 0.205 e. The van der Waals surface area contributed by atoms with Gasteiger partial charge in [0.1, 0.15) is 5.82 Å². The third kappa shape index (κ3) is 2.96. The van der Waals surface area contributed by atoms with Crippen LogP contribution in [0, 0.1) is 6.92 Å². The van der Waals surface area contributed by atoms with Gasteiger partial charge in [0.25, 0.3) is 0 Å². The van der Waals surface area contributed by atoms with E-state index in [9.17, 15) is 0 Å². The van der Waals surface area contributed by atoms with Gasteiger partial charge in [-0.25, -0.2) is 4.98 Å². The molecule has 1 aliphatic heterocycles. The summed E-state index contributed by atoms with van der Waals surface area (Å²) in [5.74, 6) is 0.844. The van der Waals surface area contributed by atoms with E-state index in [1.807, 2.05) is 19.2 Å². The van der Waals surface area contributed by atoms with Crippen LogP contribution in [0.4, 0.5) is 10.8 Å². The zero-order valence-corrected chi connectivity index (χ0v) is 16.2. The van der Waals surface area contributed by atoms with Crippen molar-refractivity contribution in [2.45, 2.75) is 6.92 Å². The molecule has 1 saturated heterocycles. The molecule has 3 heterocycles. The number of nitrogens with zero attached hydrogens (tertiary/aromatic N) is 5. The number of pyridine rings is 1. The number of rotatable bonds is 2. The predicted molar refractivity (Wildman–Crippen MR) is 104 cm³/mol. The summed E-state index contributed by atoms with van der Waals surface area (Å²) in [6.07, 6.45) is 1.83. The molecule has 0 bridgehead atoms. The first kappa shape index (κ1) is 16.1. The van der Waals surface area contributed by atoms with Crippen molar-refractivity contribution in [3.63, 3.8) is 0 Å². The molecule has 1 aromatic carbocycles. The quantitative estimate of drug-likeness (QED) is 0.619. The molecule has 0 aliphatic carbocycles. The van der Waals surface area contributed by atoms with E-state index in [0.717, 1.165) is 52.5 Å². The molecule has 0 amide bonds. The fourth-order valence-corrected chi connectivity index (χ4v) is 4.58. The van der Waals surface area contributed by atoms with Crippen molar-refractivity contribution in [2.24, 2.45) is 0 Å². The highest BCUT2D eigenvalue weighted by Crippen LogP contribution is 2.33. The molecule has 0 saturated carbocycles. The zero-order valence-electron chi connectivity index (χ0n) is 13.0. The minimum atomic E-state index is 0.671. The van der Waals surface area contributed by atoms with Gasteiger partial charge in [0.15, 0.2) is 0 Å². The van der Waals surface area contributed by atoms with E-state index >= 15 is 0 Å². The second-order valence-electron chi connectivity index (χ2n) is 5.71. The first-order valence-corrected chi connectivity index (χ1v) is 9.60. The number of anilines is 2. The summed E-state index contributed by atoms with van der Waals surface area (Å²) in [5, 5.41) is 2.76. The Hall–Kier alpha value is -1.44. The molecule has 0 N–H and O–H groups in total. The summed E-state index contributed by atoms with van der Waals surface area (Å²) < 4.78 is 5.25. The molecule has 4 rings (SSSR count). The lowest BCUT2D eigenvalue weighted by molar-refractivity contribution is 0.653. The van der Waals surface area contributed by atoms with Crippen LogP contribution in [0.3, 0.4) is 0 Å². The van der Waals surface area contributed by atoms with E-state index < -0.39 is 0 Å². The second-order valence-corrected chi connectivity index (χ2v) is 7.77. The van der Waals surface area contributed by atoms with Gasteiger partial charge in [-0.1, -0.05) is 27.5 Å². The molecule has 0 radical (unpaired) electrons. The highest BCUT2D eigenvalue weighted by atomic mass is 79.9. The maximum absolute atomic E-state index is 6.35. The summed E-state index contributed by atoms with van der Waals surface area (Å²) in [4.78, 5) is 13.6. The smallest absolute Gasteiger partial charge is 0.205 e. The Morgan fingerprint density at radius 1 is 1.17 bits per heavy atom. The highest BCUT2D eigenvalue weighted by molar-refractivity contribution is 9.10. The molecule has 5 nitrogen and oxygen atoms in total. The number of fused-ring (bicyclic) bond motifs is 1. The highest BCUT2D eigenvalue weighted by Gasteiger charge is 2.21. The Kier molecular flexibility index (Phi) is 4.32. The SMILES string of the molecule is Cc1nsc(N2CCN(c3ccnc4c(Cl)cc(Br)cc34)CC2)n1. The molecule has 3 aromatic rings. The Bertz CT molecular complexity index is 891. The predicted octanol–water partition coefficient (Wildman–Crippen LogP) is 4.14.